The van der Waals surface area contributed by atoms with Gasteiger partial charge in [0.1, 0.15) is 5.75 Å². The van der Waals surface area contributed by atoms with Crippen molar-refractivity contribution in [1.29, 1.82) is 0 Å². The van der Waals surface area contributed by atoms with Gasteiger partial charge in [-0.3, -0.25) is 0 Å². The molecule has 0 unspecified atom stereocenters. The van der Waals surface area contributed by atoms with Gasteiger partial charge in [0.25, 0.3) is 0 Å². The van der Waals surface area contributed by atoms with Crippen LogP contribution in [0.4, 0.5) is 0 Å². The number of hydrogen-bond donors (Lipinski definition) is 3. The van der Waals surface area contributed by atoms with Crippen LogP contribution in [0.25, 0.3) is 0 Å². The highest BCUT2D eigenvalue weighted by Gasteiger charge is 2.09. The summed E-state index contributed by atoms with van der Waals surface area (Å²) in [5.74, 6) is 0.191. The summed E-state index contributed by atoms with van der Waals surface area (Å²) in [6.45, 7) is 8.05. The van der Waals surface area contributed by atoms with Gasteiger partial charge in [0, 0.05) is 6.61 Å². The molecule has 0 radical (unpaired) electrons. The van der Waals surface area contributed by atoms with E-state index in [4.69, 9.17) is 9.84 Å². The molecule has 0 aliphatic heterocycles. The van der Waals surface area contributed by atoms with E-state index in [0.29, 0.717) is 17.7 Å². The van der Waals surface area contributed by atoms with Crippen molar-refractivity contribution in [2.24, 2.45) is 0 Å². The molecule has 0 saturated carbocycles. The minimum Gasteiger partial charge on any atom is -0.496 e. The maximum absolute atomic E-state index is 11.2. The van der Waals surface area contributed by atoms with Crippen molar-refractivity contribution < 1.29 is 19.4 Å². The van der Waals surface area contributed by atoms with Crippen molar-refractivity contribution >= 4 is 29.3 Å². The highest BCUT2D eigenvalue weighted by molar-refractivity contribution is 8.59. The van der Waals surface area contributed by atoms with Gasteiger partial charge in [-0.05, 0) is 24.1 Å². The van der Waals surface area contributed by atoms with Crippen LogP contribution in [0.1, 0.15) is 51.0 Å². The molecule has 6 heteroatoms. The quantitative estimate of drug-likeness (QED) is 0.425. The zero-order valence-electron chi connectivity index (χ0n) is 13.7. The standard InChI is InChI=1S/C11H14O4.2C2H6.CH4.H2S2/c1-14-10-7-9(11(13)15-2)4-3-8(10)5-6-12;2*1-2;;1-2/h3-4,7,12H,5-6H2,1-2H3;2*1-2H3;1H4;1-2H. The Hall–Kier alpha value is -0.850. The van der Waals surface area contributed by atoms with Gasteiger partial charge in [0.15, 0.2) is 0 Å². The summed E-state index contributed by atoms with van der Waals surface area (Å²) in [5.41, 5.74) is 1.31. The molecular weight excluding hydrogens is 320 g/mol. The SMILES string of the molecule is C.CC.CC.COC(=O)c1ccc(CCO)c(OC)c1.SS. The van der Waals surface area contributed by atoms with Gasteiger partial charge >= 0.3 is 5.97 Å². The molecule has 1 aromatic rings. The third kappa shape index (κ3) is 11.8. The third-order valence-corrected chi connectivity index (χ3v) is 2.09. The Morgan fingerprint density at radius 3 is 2.00 bits per heavy atom. The third-order valence-electron chi connectivity index (χ3n) is 2.09. The highest BCUT2D eigenvalue weighted by Crippen LogP contribution is 2.21. The number of ether oxygens (including phenoxy) is 2. The molecule has 1 N–H and O–H groups in total. The fourth-order valence-electron chi connectivity index (χ4n) is 1.32. The van der Waals surface area contributed by atoms with Crippen LogP contribution in [0.5, 0.6) is 5.75 Å². The number of rotatable bonds is 4. The molecule has 22 heavy (non-hydrogen) atoms. The number of benzene rings is 1. The van der Waals surface area contributed by atoms with Crippen LogP contribution >= 0.6 is 23.3 Å². The Morgan fingerprint density at radius 1 is 1.14 bits per heavy atom. The Kier molecular flexibility index (Phi) is 29.8. The first-order chi connectivity index (χ1) is 10.2. The normalized spacial score (nSPS) is 7.50. The van der Waals surface area contributed by atoms with Gasteiger partial charge in [-0.25, -0.2) is 4.79 Å². The largest absolute Gasteiger partial charge is 0.496 e. The Morgan fingerprint density at radius 2 is 1.64 bits per heavy atom. The first kappa shape index (κ1) is 29.2. The highest BCUT2D eigenvalue weighted by atomic mass is 33.1. The molecule has 0 amide bonds. The molecule has 0 bridgehead atoms. The zero-order valence-corrected chi connectivity index (χ0v) is 15.5. The van der Waals surface area contributed by atoms with Crippen LogP contribution < -0.4 is 4.74 Å². The molecule has 0 spiro atoms. The molecular formula is C16H32O4S2. The van der Waals surface area contributed by atoms with E-state index in [2.05, 4.69) is 28.1 Å². The summed E-state index contributed by atoms with van der Waals surface area (Å²) in [7, 11) is 2.85. The van der Waals surface area contributed by atoms with E-state index in [-0.39, 0.29) is 14.0 Å². The van der Waals surface area contributed by atoms with Crippen LogP contribution in [0.2, 0.25) is 0 Å². The maximum atomic E-state index is 11.2. The summed E-state index contributed by atoms with van der Waals surface area (Å²) >= 11 is 6.44. The molecule has 4 nitrogen and oxygen atoms in total. The molecule has 0 atom stereocenters. The van der Waals surface area contributed by atoms with Crippen molar-refractivity contribution in [2.75, 3.05) is 20.8 Å². The van der Waals surface area contributed by atoms with Crippen molar-refractivity contribution in [2.45, 2.75) is 41.5 Å². The topological polar surface area (TPSA) is 55.8 Å². The Labute approximate surface area is 146 Å². The van der Waals surface area contributed by atoms with Gasteiger partial charge in [-0.1, -0.05) is 41.2 Å². The van der Waals surface area contributed by atoms with Crippen LogP contribution in [0.3, 0.4) is 0 Å². The van der Waals surface area contributed by atoms with Crippen molar-refractivity contribution in [1.82, 2.24) is 0 Å². The minimum atomic E-state index is -0.399. The first-order valence-corrected chi connectivity index (χ1v) is 8.39. The average molecular weight is 353 g/mol. The molecule has 0 saturated heterocycles. The fourth-order valence-corrected chi connectivity index (χ4v) is 1.32. The molecule has 1 aromatic carbocycles. The molecule has 0 heterocycles. The number of esters is 1. The van der Waals surface area contributed by atoms with Gasteiger partial charge < -0.3 is 14.6 Å². The lowest BCUT2D eigenvalue weighted by atomic mass is 10.1. The Balaban J connectivity index is -0.000000206. The average Bonchev–Trinajstić information content (AvgIpc) is 2.60. The Bertz CT molecular complexity index is 358. The van der Waals surface area contributed by atoms with Crippen LogP contribution in [0.15, 0.2) is 18.2 Å². The first-order valence-electron chi connectivity index (χ1n) is 6.79. The smallest absolute Gasteiger partial charge is 0.337 e. The molecule has 0 aromatic heterocycles. The van der Waals surface area contributed by atoms with Gasteiger partial charge in [-0.2, -0.15) is 0 Å². The molecule has 1 rings (SSSR count). The predicted octanol–water partition coefficient (Wildman–Crippen LogP) is 4.47. The summed E-state index contributed by atoms with van der Waals surface area (Å²) in [6, 6.07) is 5.01. The number of thiol groups is 2. The van der Waals surface area contributed by atoms with E-state index in [1.54, 1.807) is 18.2 Å². The van der Waals surface area contributed by atoms with Gasteiger partial charge in [-0.15, -0.1) is 23.3 Å². The maximum Gasteiger partial charge on any atom is 0.337 e. The van der Waals surface area contributed by atoms with Crippen molar-refractivity contribution in [3.05, 3.63) is 29.3 Å². The number of carbonyl (C=O) groups is 1. The van der Waals surface area contributed by atoms with Crippen molar-refractivity contribution in [3.8, 4) is 5.75 Å². The van der Waals surface area contributed by atoms with E-state index in [0.717, 1.165) is 5.56 Å². The van der Waals surface area contributed by atoms with E-state index in [9.17, 15) is 4.79 Å². The second kappa shape index (κ2) is 22.4. The van der Waals surface area contributed by atoms with Crippen LogP contribution in [0, 0.1) is 0 Å². The number of methoxy groups -OCH3 is 2. The summed E-state index contributed by atoms with van der Waals surface area (Å²) in [5, 5.41) is 8.82. The van der Waals surface area contributed by atoms with Gasteiger partial charge in [0.2, 0.25) is 0 Å². The van der Waals surface area contributed by atoms with E-state index >= 15 is 0 Å². The molecule has 132 valence electrons. The second-order valence-corrected chi connectivity index (χ2v) is 2.99. The monoisotopic (exact) mass is 352 g/mol. The van der Waals surface area contributed by atoms with Gasteiger partial charge in [0.05, 0.1) is 19.8 Å². The zero-order chi connectivity index (χ0) is 17.3. The van der Waals surface area contributed by atoms with Crippen LogP contribution in [-0.4, -0.2) is 31.9 Å². The van der Waals surface area contributed by atoms with Crippen molar-refractivity contribution in [3.63, 3.8) is 0 Å². The molecule has 0 fully saturated rings. The lowest BCUT2D eigenvalue weighted by Gasteiger charge is -2.08. The summed E-state index contributed by atoms with van der Waals surface area (Å²) in [4.78, 5) is 11.2. The van der Waals surface area contributed by atoms with E-state index in [1.165, 1.54) is 14.2 Å². The van der Waals surface area contributed by atoms with E-state index in [1.807, 2.05) is 27.7 Å². The predicted molar refractivity (Wildman–Crippen MR) is 103 cm³/mol. The summed E-state index contributed by atoms with van der Waals surface area (Å²) < 4.78 is 9.71. The molecule has 0 aliphatic carbocycles. The second-order valence-electron chi connectivity index (χ2n) is 2.99. The van der Waals surface area contributed by atoms with E-state index < -0.39 is 5.97 Å². The molecule has 0 aliphatic rings. The minimum absolute atomic E-state index is 0. The van der Waals surface area contributed by atoms with Crippen LogP contribution in [-0.2, 0) is 11.2 Å². The summed E-state index contributed by atoms with van der Waals surface area (Å²) in [6.07, 6.45) is 0.505. The lowest BCUT2D eigenvalue weighted by Crippen LogP contribution is -2.03. The fraction of sp³-hybridized carbons (Fsp3) is 0.562. The number of hydrogen-bond acceptors (Lipinski definition) is 6. The lowest BCUT2D eigenvalue weighted by molar-refractivity contribution is 0.0600. The number of aliphatic hydroxyl groups is 1. The number of carbonyl (C=O) groups excluding carboxylic acids is 1. The number of aliphatic hydroxyl groups excluding tert-OH is 1.